The number of hydrogen-bond acceptors (Lipinski definition) is 3. The van der Waals surface area contributed by atoms with Gasteiger partial charge in [0.15, 0.2) is 6.61 Å². The molecule has 0 unspecified atom stereocenters. The van der Waals surface area contributed by atoms with E-state index in [1.54, 1.807) is 31.4 Å². The lowest BCUT2D eigenvalue weighted by Crippen LogP contribution is -2.41. The van der Waals surface area contributed by atoms with Crippen molar-refractivity contribution in [2.45, 2.75) is 12.5 Å². The molecule has 0 bridgehead atoms. The van der Waals surface area contributed by atoms with Crippen LogP contribution in [0.1, 0.15) is 17.2 Å². The van der Waals surface area contributed by atoms with Crippen LogP contribution in [0.5, 0.6) is 5.75 Å². The lowest BCUT2D eigenvalue weighted by atomic mass is 10.1. The van der Waals surface area contributed by atoms with Crippen LogP contribution in [0.25, 0.3) is 10.9 Å². The molecule has 0 spiro atoms. The van der Waals surface area contributed by atoms with Gasteiger partial charge in [0.25, 0.3) is 0 Å². The third-order valence-electron chi connectivity index (χ3n) is 4.50. The van der Waals surface area contributed by atoms with E-state index in [1.807, 2.05) is 30.5 Å². The Morgan fingerprint density at radius 3 is 2.64 bits per heavy atom. The van der Waals surface area contributed by atoms with Gasteiger partial charge >= 0.3 is 0 Å². The molecule has 1 radical (unpaired) electrons. The van der Waals surface area contributed by atoms with Crippen LogP contribution in [0, 0.1) is 0 Å². The summed E-state index contributed by atoms with van der Waals surface area (Å²) in [6.07, 6.45) is 2.51. The third-order valence-corrected chi connectivity index (χ3v) is 4.50. The van der Waals surface area contributed by atoms with Crippen molar-refractivity contribution in [2.75, 3.05) is 20.3 Å². The van der Waals surface area contributed by atoms with Crippen molar-refractivity contribution in [3.8, 4) is 5.75 Å². The van der Waals surface area contributed by atoms with E-state index in [4.69, 9.17) is 4.74 Å². The van der Waals surface area contributed by atoms with Crippen LogP contribution in [-0.4, -0.2) is 37.1 Å². The molecule has 0 aliphatic rings. The monoisotopic (exact) mass is 380 g/mol. The van der Waals surface area contributed by atoms with Crippen molar-refractivity contribution in [2.24, 2.45) is 0 Å². The minimum absolute atomic E-state index is 0.356. The lowest BCUT2D eigenvalue weighted by molar-refractivity contribution is -0.131. The second-order valence-corrected chi connectivity index (χ2v) is 6.32. The largest absolute Gasteiger partial charge is 0.497 e. The summed E-state index contributed by atoms with van der Waals surface area (Å²) < 4.78 is 5.27. The zero-order valence-corrected chi connectivity index (χ0v) is 15.5. The van der Waals surface area contributed by atoms with Crippen molar-refractivity contribution in [3.05, 3.63) is 65.9 Å². The first-order valence-electron chi connectivity index (χ1n) is 8.96. The van der Waals surface area contributed by atoms with Gasteiger partial charge in [-0.25, -0.2) is 5.11 Å². The van der Waals surface area contributed by atoms with E-state index in [9.17, 15) is 14.7 Å². The highest BCUT2D eigenvalue weighted by atomic mass is 16.5. The molecular weight excluding hydrogens is 358 g/mol. The van der Waals surface area contributed by atoms with E-state index in [0.29, 0.717) is 18.5 Å². The number of fused-ring (bicyclic) bond motifs is 1. The highest BCUT2D eigenvalue weighted by Gasteiger charge is 2.22. The Balaban J connectivity index is 1.67. The highest BCUT2D eigenvalue weighted by Crippen LogP contribution is 2.23. The molecule has 0 saturated heterocycles. The number of aromatic nitrogens is 1. The molecule has 7 nitrogen and oxygen atoms in total. The first-order chi connectivity index (χ1) is 13.6. The molecule has 0 aliphatic carbocycles. The molecule has 0 aliphatic heterocycles. The number of benzene rings is 2. The first kappa shape index (κ1) is 19.4. The standard InChI is InChI=1S/C21H22N3O4/c1-28-16-7-8-18-17(11-16)15(12-23-18)9-10-22-21(27)20(24-19(26)13-25)14-5-3-2-4-6-14/h2-8,11-12,20,23H,9-10,13H2,1H3,(H,22,27)(H,24,26)/t20-/m1/s1. The van der Waals surface area contributed by atoms with Gasteiger partial charge in [0.05, 0.1) is 7.11 Å². The molecule has 3 aromatic rings. The summed E-state index contributed by atoms with van der Waals surface area (Å²) in [6, 6.07) is 13.7. The van der Waals surface area contributed by atoms with E-state index in [1.165, 1.54) is 0 Å². The van der Waals surface area contributed by atoms with Gasteiger partial charge < -0.3 is 20.4 Å². The van der Waals surface area contributed by atoms with Crippen LogP contribution in [0.3, 0.4) is 0 Å². The SMILES string of the molecule is COc1ccc2[nH]cc(CCNC(=O)[C@H](NC(=O)C[O])c3ccccc3)c2c1. The predicted molar refractivity (Wildman–Crippen MR) is 104 cm³/mol. The smallest absolute Gasteiger partial charge is 0.250 e. The summed E-state index contributed by atoms with van der Waals surface area (Å²) in [4.78, 5) is 27.4. The average Bonchev–Trinajstić information content (AvgIpc) is 3.14. The Morgan fingerprint density at radius 2 is 1.93 bits per heavy atom. The maximum absolute atomic E-state index is 12.6. The van der Waals surface area contributed by atoms with Crippen LogP contribution in [0.4, 0.5) is 0 Å². The number of H-pyrrole nitrogens is 1. The van der Waals surface area contributed by atoms with Crippen molar-refractivity contribution >= 4 is 22.7 Å². The fourth-order valence-electron chi connectivity index (χ4n) is 3.06. The molecule has 3 N–H and O–H groups in total. The van der Waals surface area contributed by atoms with E-state index >= 15 is 0 Å². The molecular formula is C21H22N3O4. The van der Waals surface area contributed by atoms with Crippen molar-refractivity contribution in [3.63, 3.8) is 0 Å². The Bertz CT molecular complexity index is 953. The van der Waals surface area contributed by atoms with E-state index in [0.717, 1.165) is 22.2 Å². The number of hydrogen-bond donors (Lipinski definition) is 3. The number of nitrogens with one attached hydrogen (secondary N) is 3. The van der Waals surface area contributed by atoms with E-state index in [2.05, 4.69) is 15.6 Å². The number of aromatic amines is 1. The maximum atomic E-state index is 12.6. The number of amides is 2. The predicted octanol–water partition coefficient (Wildman–Crippen LogP) is 2.12. The van der Waals surface area contributed by atoms with Gasteiger partial charge in [-0.05, 0) is 35.7 Å². The summed E-state index contributed by atoms with van der Waals surface area (Å²) in [6.45, 7) is -0.534. The van der Waals surface area contributed by atoms with Crippen molar-refractivity contribution < 1.29 is 19.4 Å². The highest BCUT2D eigenvalue weighted by molar-refractivity contribution is 5.89. The molecule has 2 aromatic carbocycles. The molecule has 1 heterocycles. The molecule has 28 heavy (non-hydrogen) atoms. The van der Waals surface area contributed by atoms with Gasteiger partial charge in [-0.15, -0.1) is 0 Å². The van der Waals surface area contributed by atoms with Crippen LogP contribution in [0.2, 0.25) is 0 Å². The van der Waals surface area contributed by atoms with E-state index < -0.39 is 18.6 Å². The van der Waals surface area contributed by atoms with Crippen molar-refractivity contribution in [1.29, 1.82) is 0 Å². The molecule has 7 heteroatoms. The molecule has 2 amide bonds. The van der Waals surface area contributed by atoms with Crippen LogP contribution < -0.4 is 15.4 Å². The molecule has 3 rings (SSSR count). The molecule has 0 saturated carbocycles. The lowest BCUT2D eigenvalue weighted by Gasteiger charge is -2.18. The maximum Gasteiger partial charge on any atom is 0.250 e. The van der Waals surface area contributed by atoms with Crippen LogP contribution in [0.15, 0.2) is 54.7 Å². The van der Waals surface area contributed by atoms with Crippen LogP contribution >= 0.6 is 0 Å². The van der Waals surface area contributed by atoms with Gasteiger partial charge in [-0.2, -0.15) is 0 Å². The summed E-state index contributed by atoms with van der Waals surface area (Å²) in [5.74, 6) is -0.306. The Labute approximate surface area is 162 Å². The Hall–Kier alpha value is -3.32. The second-order valence-electron chi connectivity index (χ2n) is 6.32. The van der Waals surface area contributed by atoms with Gasteiger partial charge in [-0.3, -0.25) is 9.59 Å². The summed E-state index contributed by atoms with van der Waals surface area (Å²) in [5.41, 5.74) is 2.67. The van der Waals surface area contributed by atoms with Gasteiger partial charge in [0, 0.05) is 23.6 Å². The van der Waals surface area contributed by atoms with Crippen LogP contribution in [-0.2, 0) is 21.1 Å². The molecule has 1 aromatic heterocycles. The fourth-order valence-corrected chi connectivity index (χ4v) is 3.06. The quantitative estimate of drug-likeness (QED) is 0.558. The number of carbonyl (C=O) groups is 2. The zero-order valence-electron chi connectivity index (χ0n) is 15.5. The zero-order chi connectivity index (χ0) is 19.9. The molecule has 0 fully saturated rings. The summed E-state index contributed by atoms with van der Waals surface area (Å²) in [5, 5.41) is 17.2. The minimum Gasteiger partial charge on any atom is -0.497 e. The van der Waals surface area contributed by atoms with Gasteiger partial charge in [-0.1, -0.05) is 30.3 Å². The average molecular weight is 380 g/mol. The fraction of sp³-hybridized carbons (Fsp3) is 0.238. The van der Waals surface area contributed by atoms with E-state index in [-0.39, 0.29) is 5.91 Å². The molecule has 145 valence electrons. The Kier molecular flexibility index (Phi) is 6.29. The number of rotatable bonds is 8. The molecule has 1 atom stereocenters. The third kappa shape index (κ3) is 4.50. The normalized spacial score (nSPS) is 11.8. The van der Waals surface area contributed by atoms with Gasteiger partial charge in [0.2, 0.25) is 11.8 Å². The topological polar surface area (TPSA) is 103 Å². The van der Waals surface area contributed by atoms with Gasteiger partial charge in [0.1, 0.15) is 11.8 Å². The summed E-state index contributed by atoms with van der Waals surface area (Å²) >= 11 is 0. The Morgan fingerprint density at radius 1 is 1.14 bits per heavy atom. The minimum atomic E-state index is -0.923. The first-order valence-corrected chi connectivity index (χ1v) is 8.96. The number of ether oxygens (including phenoxy) is 1. The van der Waals surface area contributed by atoms with Crippen molar-refractivity contribution in [1.82, 2.24) is 15.6 Å². The second kappa shape index (κ2) is 9.05. The summed E-state index contributed by atoms with van der Waals surface area (Å²) in [7, 11) is 1.62. The number of methoxy groups -OCH3 is 1. The number of carbonyl (C=O) groups excluding carboxylic acids is 2.